The Bertz CT molecular complexity index is 493. The first-order valence-electron chi connectivity index (χ1n) is 5.63. The first kappa shape index (κ1) is 13.9. The van der Waals surface area contributed by atoms with E-state index in [1.165, 1.54) is 4.90 Å². The van der Waals surface area contributed by atoms with Gasteiger partial charge in [0.1, 0.15) is 11.0 Å². The van der Waals surface area contributed by atoms with Crippen LogP contribution >= 0.6 is 11.6 Å². The number of nitrogens with zero attached hydrogens (tertiary/aromatic N) is 2. The summed E-state index contributed by atoms with van der Waals surface area (Å²) in [4.78, 5) is 16.7. The molecule has 0 atom stereocenters. The summed E-state index contributed by atoms with van der Waals surface area (Å²) in [5, 5.41) is 2.40. The van der Waals surface area contributed by atoms with Crippen molar-refractivity contribution in [3.05, 3.63) is 22.8 Å². The van der Waals surface area contributed by atoms with Crippen molar-refractivity contribution < 1.29 is 18.0 Å². The lowest BCUT2D eigenvalue weighted by molar-refractivity contribution is -0.137. The number of nitrogens with one attached hydrogen (secondary N) is 1. The third kappa shape index (κ3) is 3.50. The van der Waals surface area contributed by atoms with E-state index in [1.54, 1.807) is 0 Å². The molecule has 0 spiro atoms. The molecule has 0 radical (unpaired) electrons. The van der Waals surface area contributed by atoms with Crippen molar-refractivity contribution in [2.24, 2.45) is 0 Å². The maximum absolute atomic E-state index is 12.7. The van der Waals surface area contributed by atoms with Gasteiger partial charge in [-0.15, -0.1) is 0 Å². The van der Waals surface area contributed by atoms with Crippen molar-refractivity contribution in [2.45, 2.75) is 12.6 Å². The van der Waals surface area contributed by atoms with E-state index in [4.69, 9.17) is 11.6 Å². The van der Waals surface area contributed by atoms with E-state index in [0.29, 0.717) is 19.5 Å². The highest BCUT2D eigenvalue weighted by Gasteiger charge is 2.32. The molecule has 1 fully saturated rings. The minimum atomic E-state index is -4.49. The highest BCUT2D eigenvalue weighted by Crippen LogP contribution is 2.32. The fourth-order valence-corrected chi connectivity index (χ4v) is 2.01. The van der Waals surface area contributed by atoms with Crippen LogP contribution in [0.25, 0.3) is 0 Å². The van der Waals surface area contributed by atoms with Gasteiger partial charge in [0.05, 0.1) is 12.1 Å². The van der Waals surface area contributed by atoms with Crippen LogP contribution < -0.4 is 10.2 Å². The summed E-state index contributed by atoms with van der Waals surface area (Å²) in [6, 6.07) is 1.67. The largest absolute Gasteiger partial charge is 0.416 e. The van der Waals surface area contributed by atoms with Gasteiger partial charge < -0.3 is 10.2 Å². The molecule has 4 nitrogen and oxygen atoms in total. The molecule has 1 amide bonds. The van der Waals surface area contributed by atoms with Crippen molar-refractivity contribution in [1.82, 2.24) is 10.3 Å². The van der Waals surface area contributed by atoms with Crippen LogP contribution in [0.2, 0.25) is 5.15 Å². The summed E-state index contributed by atoms with van der Waals surface area (Å²) in [5.74, 6) is -0.176. The van der Waals surface area contributed by atoms with E-state index in [9.17, 15) is 18.0 Å². The van der Waals surface area contributed by atoms with E-state index in [-0.39, 0.29) is 23.4 Å². The molecule has 19 heavy (non-hydrogen) atoms. The second kappa shape index (κ2) is 5.24. The highest BCUT2D eigenvalue weighted by molar-refractivity contribution is 6.29. The molecule has 1 N–H and O–H groups in total. The van der Waals surface area contributed by atoms with Gasteiger partial charge in [-0.1, -0.05) is 11.6 Å². The molecule has 8 heteroatoms. The number of carbonyl (C=O) groups excluding carboxylic acids is 1. The minimum Gasteiger partial charge on any atom is -0.354 e. The van der Waals surface area contributed by atoms with E-state index in [0.717, 1.165) is 12.1 Å². The Morgan fingerprint density at radius 1 is 1.37 bits per heavy atom. The Morgan fingerprint density at radius 2 is 2.11 bits per heavy atom. The number of alkyl halides is 3. The SMILES string of the molecule is O=C1CN(c2cc(C(F)(F)F)cc(Cl)n2)CCCN1. The van der Waals surface area contributed by atoms with E-state index >= 15 is 0 Å². The Balaban J connectivity index is 2.33. The fraction of sp³-hybridized carbons (Fsp3) is 0.455. The Hall–Kier alpha value is -1.50. The van der Waals surface area contributed by atoms with Gasteiger partial charge in [0.25, 0.3) is 0 Å². The van der Waals surface area contributed by atoms with Crippen LogP contribution in [0.5, 0.6) is 0 Å². The minimum absolute atomic E-state index is 0.0232. The average molecular weight is 294 g/mol. The lowest BCUT2D eigenvalue weighted by Crippen LogP contribution is -2.33. The fourth-order valence-electron chi connectivity index (χ4n) is 1.81. The molecule has 0 bridgehead atoms. The van der Waals surface area contributed by atoms with Crippen molar-refractivity contribution in [3.8, 4) is 0 Å². The third-order valence-electron chi connectivity index (χ3n) is 2.69. The number of amides is 1. The molecule has 0 aliphatic carbocycles. The van der Waals surface area contributed by atoms with Gasteiger partial charge in [0.2, 0.25) is 5.91 Å². The van der Waals surface area contributed by atoms with Crippen molar-refractivity contribution in [2.75, 3.05) is 24.5 Å². The van der Waals surface area contributed by atoms with Gasteiger partial charge in [0.15, 0.2) is 0 Å². The van der Waals surface area contributed by atoms with Gasteiger partial charge in [-0.05, 0) is 18.6 Å². The third-order valence-corrected chi connectivity index (χ3v) is 2.89. The molecule has 2 rings (SSSR count). The molecule has 104 valence electrons. The molecule has 1 aromatic rings. The van der Waals surface area contributed by atoms with Crippen molar-refractivity contribution in [3.63, 3.8) is 0 Å². The predicted molar refractivity (Wildman–Crippen MR) is 64.1 cm³/mol. The molecular formula is C11H11ClF3N3O. The molecule has 0 aromatic carbocycles. The van der Waals surface area contributed by atoms with Crippen LogP contribution in [-0.2, 0) is 11.0 Å². The van der Waals surface area contributed by atoms with Crippen LogP contribution in [0.1, 0.15) is 12.0 Å². The maximum Gasteiger partial charge on any atom is 0.416 e. The monoisotopic (exact) mass is 293 g/mol. The quantitative estimate of drug-likeness (QED) is 0.806. The number of rotatable bonds is 1. The van der Waals surface area contributed by atoms with Crippen molar-refractivity contribution >= 4 is 23.3 Å². The molecule has 0 unspecified atom stereocenters. The molecular weight excluding hydrogens is 283 g/mol. The van der Waals surface area contributed by atoms with Crippen LogP contribution in [0, 0.1) is 0 Å². The zero-order chi connectivity index (χ0) is 14.0. The normalized spacial score (nSPS) is 17.1. The number of carbonyl (C=O) groups is 1. The van der Waals surface area contributed by atoms with E-state index in [2.05, 4.69) is 10.3 Å². The van der Waals surface area contributed by atoms with Gasteiger partial charge in [-0.2, -0.15) is 13.2 Å². The zero-order valence-electron chi connectivity index (χ0n) is 9.80. The van der Waals surface area contributed by atoms with Gasteiger partial charge >= 0.3 is 6.18 Å². The Labute approximate surface area is 112 Å². The number of hydrogen-bond donors (Lipinski definition) is 1. The smallest absolute Gasteiger partial charge is 0.354 e. The number of aromatic nitrogens is 1. The van der Waals surface area contributed by atoms with Gasteiger partial charge in [0, 0.05) is 13.1 Å². The molecule has 1 aliphatic heterocycles. The van der Waals surface area contributed by atoms with E-state index < -0.39 is 11.7 Å². The van der Waals surface area contributed by atoms with Crippen molar-refractivity contribution in [1.29, 1.82) is 0 Å². The molecule has 1 saturated heterocycles. The molecule has 2 heterocycles. The van der Waals surface area contributed by atoms with Crippen LogP contribution in [0.3, 0.4) is 0 Å². The maximum atomic E-state index is 12.7. The molecule has 0 saturated carbocycles. The summed E-state index contributed by atoms with van der Waals surface area (Å²) in [7, 11) is 0. The summed E-state index contributed by atoms with van der Waals surface area (Å²) < 4.78 is 38.1. The average Bonchev–Trinajstić information content (AvgIpc) is 2.52. The van der Waals surface area contributed by atoms with Crippen LogP contribution in [0.15, 0.2) is 12.1 Å². The lowest BCUT2D eigenvalue weighted by atomic mass is 10.2. The molecule has 1 aliphatic rings. The zero-order valence-corrected chi connectivity index (χ0v) is 10.6. The highest BCUT2D eigenvalue weighted by atomic mass is 35.5. The number of halogens is 4. The van der Waals surface area contributed by atoms with Crippen LogP contribution in [-0.4, -0.2) is 30.5 Å². The standard InChI is InChI=1S/C11H11ClF3N3O/c12-8-4-7(11(13,14)15)5-9(17-8)18-3-1-2-16-10(19)6-18/h4-5H,1-3,6H2,(H,16,19). The number of pyridine rings is 1. The van der Waals surface area contributed by atoms with Crippen LogP contribution in [0.4, 0.5) is 19.0 Å². The number of hydrogen-bond acceptors (Lipinski definition) is 3. The number of anilines is 1. The molecule has 1 aromatic heterocycles. The van der Waals surface area contributed by atoms with E-state index in [1.807, 2.05) is 0 Å². The lowest BCUT2D eigenvalue weighted by Gasteiger charge is -2.21. The summed E-state index contributed by atoms with van der Waals surface area (Å²) in [6.07, 6.45) is -3.85. The summed E-state index contributed by atoms with van der Waals surface area (Å²) in [5.41, 5.74) is -0.868. The predicted octanol–water partition coefficient (Wildman–Crippen LogP) is 2.08. The topological polar surface area (TPSA) is 45.2 Å². The second-order valence-corrected chi connectivity index (χ2v) is 4.55. The summed E-state index contributed by atoms with van der Waals surface area (Å²) in [6.45, 7) is 0.927. The summed E-state index contributed by atoms with van der Waals surface area (Å²) >= 11 is 5.61. The first-order chi connectivity index (χ1) is 8.86. The Morgan fingerprint density at radius 3 is 2.79 bits per heavy atom. The first-order valence-corrected chi connectivity index (χ1v) is 6.00. The second-order valence-electron chi connectivity index (χ2n) is 4.16. The Kier molecular flexibility index (Phi) is 3.84. The van der Waals surface area contributed by atoms with Gasteiger partial charge in [-0.25, -0.2) is 4.98 Å². The van der Waals surface area contributed by atoms with Gasteiger partial charge in [-0.3, -0.25) is 4.79 Å².